The SMILES string of the molecule is O=C(Nc1cccc(Cl)c1Cl)C1CCN(Cc2ccccc2)C1. The van der Waals surface area contributed by atoms with Crippen molar-refractivity contribution in [3.63, 3.8) is 0 Å². The van der Waals surface area contributed by atoms with Gasteiger partial charge < -0.3 is 5.32 Å². The van der Waals surface area contributed by atoms with Crippen molar-refractivity contribution >= 4 is 34.8 Å². The molecular weight excluding hydrogens is 331 g/mol. The van der Waals surface area contributed by atoms with Crippen LogP contribution in [-0.2, 0) is 11.3 Å². The maximum atomic E-state index is 12.4. The monoisotopic (exact) mass is 348 g/mol. The molecule has 3 nitrogen and oxygen atoms in total. The van der Waals surface area contributed by atoms with Gasteiger partial charge in [0.2, 0.25) is 5.91 Å². The summed E-state index contributed by atoms with van der Waals surface area (Å²) in [6.07, 6.45) is 0.858. The molecule has 5 heteroatoms. The van der Waals surface area contributed by atoms with E-state index in [1.165, 1.54) is 5.56 Å². The second-order valence-corrected chi connectivity index (χ2v) is 6.58. The van der Waals surface area contributed by atoms with Gasteiger partial charge in [-0.25, -0.2) is 0 Å². The number of nitrogens with one attached hydrogen (secondary N) is 1. The highest BCUT2D eigenvalue weighted by Gasteiger charge is 2.28. The Balaban J connectivity index is 1.58. The van der Waals surface area contributed by atoms with E-state index in [0.29, 0.717) is 15.7 Å². The van der Waals surface area contributed by atoms with Gasteiger partial charge in [0.05, 0.1) is 21.7 Å². The highest BCUT2D eigenvalue weighted by molar-refractivity contribution is 6.44. The summed E-state index contributed by atoms with van der Waals surface area (Å²) in [4.78, 5) is 14.7. The summed E-state index contributed by atoms with van der Waals surface area (Å²) in [5.74, 6) is -0.0153. The average molecular weight is 349 g/mol. The van der Waals surface area contributed by atoms with Gasteiger partial charge in [-0.2, -0.15) is 0 Å². The maximum absolute atomic E-state index is 12.4. The first kappa shape index (κ1) is 16.3. The van der Waals surface area contributed by atoms with Crippen molar-refractivity contribution in [2.24, 2.45) is 5.92 Å². The molecule has 0 saturated carbocycles. The first-order chi connectivity index (χ1) is 11.1. The fourth-order valence-electron chi connectivity index (χ4n) is 2.87. The van der Waals surface area contributed by atoms with Crippen LogP contribution in [0.5, 0.6) is 0 Å². The van der Waals surface area contributed by atoms with Crippen molar-refractivity contribution in [1.29, 1.82) is 0 Å². The van der Waals surface area contributed by atoms with E-state index in [1.807, 2.05) is 18.2 Å². The van der Waals surface area contributed by atoms with Crippen LogP contribution in [0.2, 0.25) is 10.0 Å². The number of hydrogen-bond donors (Lipinski definition) is 1. The third-order valence-electron chi connectivity index (χ3n) is 4.10. The summed E-state index contributed by atoms with van der Waals surface area (Å²) in [6.45, 7) is 2.57. The zero-order valence-electron chi connectivity index (χ0n) is 12.6. The number of carbonyl (C=O) groups is 1. The molecule has 0 aliphatic carbocycles. The third-order valence-corrected chi connectivity index (χ3v) is 4.92. The Morgan fingerprint density at radius 3 is 2.70 bits per heavy atom. The second kappa shape index (κ2) is 7.35. The molecule has 2 aromatic carbocycles. The van der Waals surface area contributed by atoms with Crippen LogP contribution in [0.1, 0.15) is 12.0 Å². The van der Waals surface area contributed by atoms with Gasteiger partial charge in [0.15, 0.2) is 0 Å². The van der Waals surface area contributed by atoms with E-state index in [-0.39, 0.29) is 11.8 Å². The number of likely N-dealkylation sites (tertiary alicyclic amines) is 1. The molecule has 1 N–H and O–H groups in total. The van der Waals surface area contributed by atoms with Crippen molar-refractivity contribution in [3.05, 3.63) is 64.1 Å². The van der Waals surface area contributed by atoms with Gasteiger partial charge >= 0.3 is 0 Å². The van der Waals surface area contributed by atoms with E-state index in [0.717, 1.165) is 26.1 Å². The number of amides is 1. The fourth-order valence-corrected chi connectivity index (χ4v) is 3.21. The molecule has 1 atom stereocenters. The van der Waals surface area contributed by atoms with Crippen molar-refractivity contribution in [1.82, 2.24) is 4.90 Å². The number of nitrogens with zero attached hydrogens (tertiary/aromatic N) is 1. The zero-order chi connectivity index (χ0) is 16.2. The summed E-state index contributed by atoms with van der Waals surface area (Å²) < 4.78 is 0. The van der Waals surface area contributed by atoms with E-state index in [4.69, 9.17) is 23.2 Å². The predicted octanol–water partition coefficient (Wildman–Crippen LogP) is 4.45. The van der Waals surface area contributed by atoms with Gasteiger partial charge in [0.1, 0.15) is 0 Å². The van der Waals surface area contributed by atoms with Crippen LogP contribution in [0, 0.1) is 5.92 Å². The lowest BCUT2D eigenvalue weighted by Crippen LogP contribution is -2.27. The van der Waals surface area contributed by atoms with Crippen molar-refractivity contribution in [3.8, 4) is 0 Å². The number of anilines is 1. The van der Waals surface area contributed by atoms with Gasteiger partial charge in [0.25, 0.3) is 0 Å². The second-order valence-electron chi connectivity index (χ2n) is 5.80. The van der Waals surface area contributed by atoms with E-state index >= 15 is 0 Å². The van der Waals surface area contributed by atoms with Crippen LogP contribution in [0.3, 0.4) is 0 Å². The van der Waals surface area contributed by atoms with Gasteiger partial charge in [0, 0.05) is 13.1 Å². The van der Waals surface area contributed by atoms with Crippen molar-refractivity contribution in [2.75, 3.05) is 18.4 Å². The molecule has 0 spiro atoms. The Morgan fingerprint density at radius 2 is 1.91 bits per heavy atom. The normalized spacial score (nSPS) is 18.1. The molecule has 1 amide bonds. The number of halogens is 2. The molecule has 23 heavy (non-hydrogen) atoms. The minimum atomic E-state index is -0.0197. The Hall–Kier alpha value is -1.55. The van der Waals surface area contributed by atoms with Gasteiger partial charge in [-0.15, -0.1) is 0 Å². The lowest BCUT2D eigenvalue weighted by Gasteiger charge is -2.16. The van der Waals surface area contributed by atoms with Gasteiger partial charge in [-0.05, 0) is 30.7 Å². The minimum absolute atomic E-state index is 0.00438. The quantitative estimate of drug-likeness (QED) is 0.884. The smallest absolute Gasteiger partial charge is 0.228 e. The number of carbonyl (C=O) groups excluding carboxylic acids is 1. The molecule has 0 aromatic heterocycles. The molecule has 3 rings (SSSR count). The summed E-state index contributed by atoms with van der Waals surface area (Å²) in [5, 5.41) is 3.73. The fraction of sp³-hybridized carbons (Fsp3) is 0.278. The lowest BCUT2D eigenvalue weighted by molar-refractivity contribution is -0.119. The summed E-state index contributed by atoms with van der Waals surface area (Å²) in [5.41, 5.74) is 1.84. The van der Waals surface area contributed by atoms with Crippen LogP contribution in [-0.4, -0.2) is 23.9 Å². The Bertz CT molecular complexity index is 691. The van der Waals surface area contributed by atoms with E-state index < -0.39 is 0 Å². The Labute approximate surface area is 146 Å². The molecular formula is C18H18Cl2N2O. The van der Waals surface area contributed by atoms with Gasteiger partial charge in [-0.3, -0.25) is 9.69 Å². The first-order valence-electron chi connectivity index (χ1n) is 7.64. The van der Waals surface area contributed by atoms with Crippen LogP contribution in [0.4, 0.5) is 5.69 Å². The molecule has 1 unspecified atom stereocenters. The van der Waals surface area contributed by atoms with Crippen LogP contribution in [0.15, 0.2) is 48.5 Å². The highest BCUT2D eigenvalue weighted by Crippen LogP contribution is 2.30. The van der Waals surface area contributed by atoms with E-state index in [1.54, 1.807) is 18.2 Å². The van der Waals surface area contributed by atoms with Crippen molar-refractivity contribution in [2.45, 2.75) is 13.0 Å². The van der Waals surface area contributed by atoms with Crippen LogP contribution >= 0.6 is 23.2 Å². The van der Waals surface area contributed by atoms with Gasteiger partial charge in [-0.1, -0.05) is 59.6 Å². The number of benzene rings is 2. The first-order valence-corrected chi connectivity index (χ1v) is 8.40. The lowest BCUT2D eigenvalue weighted by atomic mass is 10.1. The van der Waals surface area contributed by atoms with E-state index in [2.05, 4.69) is 22.3 Å². The Morgan fingerprint density at radius 1 is 1.13 bits per heavy atom. The molecule has 0 radical (unpaired) electrons. The van der Waals surface area contributed by atoms with Crippen molar-refractivity contribution < 1.29 is 4.79 Å². The van der Waals surface area contributed by atoms with Crippen LogP contribution in [0.25, 0.3) is 0 Å². The third kappa shape index (κ3) is 4.05. The molecule has 2 aromatic rings. The van der Waals surface area contributed by atoms with E-state index in [9.17, 15) is 4.79 Å². The number of rotatable bonds is 4. The highest BCUT2D eigenvalue weighted by atomic mass is 35.5. The maximum Gasteiger partial charge on any atom is 0.228 e. The molecule has 0 bridgehead atoms. The Kier molecular flexibility index (Phi) is 5.21. The molecule has 1 saturated heterocycles. The molecule has 1 fully saturated rings. The molecule has 120 valence electrons. The zero-order valence-corrected chi connectivity index (χ0v) is 14.1. The average Bonchev–Trinajstić information content (AvgIpc) is 3.01. The summed E-state index contributed by atoms with van der Waals surface area (Å²) >= 11 is 12.1. The minimum Gasteiger partial charge on any atom is -0.324 e. The largest absolute Gasteiger partial charge is 0.324 e. The van der Waals surface area contributed by atoms with Crippen LogP contribution < -0.4 is 5.32 Å². The summed E-state index contributed by atoms with van der Waals surface area (Å²) in [6, 6.07) is 15.6. The molecule has 1 aliphatic heterocycles. The standard InChI is InChI=1S/C18H18Cl2N2O/c19-15-7-4-8-16(17(15)20)21-18(23)14-9-10-22(12-14)11-13-5-2-1-3-6-13/h1-8,14H,9-12H2,(H,21,23). The predicted molar refractivity (Wildman–Crippen MR) is 94.9 cm³/mol. The topological polar surface area (TPSA) is 32.3 Å². The molecule has 1 heterocycles. The summed E-state index contributed by atoms with van der Waals surface area (Å²) in [7, 11) is 0. The number of hydrogen-bond acceptors (Lipinski definition) is 2. The molecule has 1 aliphatic rings.